The fourth-order valence-electron chi connectivity index (χ4n) is 6.82. The van der Waals surface area contributed by atoms with Gasteiger partial charge < -0.3 is 24.8 Å². The second-order valence-electron chi connectivity index (χ2n) is 12.4. The smallest absolute Gasteiger partial charge is 0.249 e. The molecule has 2 amide bonds. The third-order valence-corrected chi connectivity index (χ3v) is 9.85. The number of nitrogens with zero attached hydrogens (tertiary/aromatic N) is 2. The summed E-state index contributed by atoms with van der Waals surface area (Å²) < 4.78 is 17.2. The number of fused-ring (bicyclic) bond motifs is 3. The van der Waals surface area contributed by atoms with Gasteiger partial charge in [0.15, 0.2) is 11.5 Å². The lowest BCUT2D eigenvalue weighted by molar-refractivity contribution is -0.120. The van der Waals surface area contributed by atoms with Gasteiger partial charge in [-0.15, -0.1) is 5.10 Å². The van der Waals surface area contributed by atoms with Gasteiger partial charge >= 0.3 is 0 Å². The van der Waals surface area contributed by atoms with Gasteiger partial charge in [-0.25, -0.2) is 0 Å². The average molecular weight is 679 g/mol. The van der Waals surface area contributed by atoms with Crippen LogP contribution in [-0.4, -0.2) is 66.4 Å². The molecule has 0 radical (unpaired) electrons. The number of thioether (sulfide) groups is 1. The highest BCUT2D eigenvalue weighted by Crippen LogP contribution is 2.50. The Balaban J connectivity index is 1.47. The van der Waals surface area contributed by atoms with Crippen LogP contribution in [0.25, 0.3) is 11.1 Å². The van der Waals surface area contributed by atoms with E-state index in [9.17, 15) is 14.4 Å². The molecule has 2 aliphatic rings. The highest BCUT2D eigenvalue weighted by atomic mass is 32.2. The molecule has 1 saturated carbocycles. The Morgan fingerprint density at radius 1 is 1.06 bits per heavy atom. The zero-order chi connectivity index (χ0) is 34.2. The van der Waals surface area contributed by atoms with Crippen LogP contribution < -0.4 is 35.6 Å². The molecule has 1 aromatic heterocycles. The third-order valence-electron chi connectivity index (χ3n) is 9.20. The van der Waals surface area contributed by atoms with E-state index >= 15 is 0 Å². The summed E-state index contributed by atoms with van der Waals surface area (Å²) in [4.78, 5) is 44.3. The van der Waals surface area contributed by atoms with Gasteiger partial charge in [-0.05, 0) is 78.5 Å². The SMILES string of the molecule is COc1cc2c(c(OC)c1OC)-c1ccc(NC(CCSC)C(=O)Nc3n[nH]c(CCC4CCCC4)n3)c(=O)cc1C(NC(C)=O)CC2. The number of aryl methyl sites for hydroxylation is 2. The van der Waals surface area contributed by atoms with Gasteiger partial charge in [0.25, 0.3) is 0 Å². The molecule has 2 aliphatic carbocycles. The molecule has 0 aliphatic heterocycles. The van der Waals surface area contributed by atoms with Crippen molar-refractivity contribution in [2.75, 3.05) is 44.0 Å². The Bertz CT molecular complexity index is 1670. The van der Waals surface area contributed by atoms with E-state index in [4.69, 9.17) is 14.2 Å². The predicted molar refractivity (Wildman–Crippen MR) is 188 cm³/mol. The topological polar surface area (TPSA) is 157 Å². The van der Waals surface area contributed by atoms with Crippen molar-refractivity contribution in [2.45, 2.75) is 76.8 Å². The van der Waals surface area contributed by atoms with Crippen molar-refractivity contribution in [1.82, 2.24) is 20.5 Å². The van der Waals surface area contributed by atoms with Gasteiger partial charge in [-0.1, -0.05) is 31.7 Å². The van der Waals surface area contributed by atoms with Crippen molar-refractivity contribution in [2.24, 2.45) is 5.92 Å². The number of benzene rings is 1. The first-order chi connectivity index (χ1) is 23.3. The Hall–Kier alpha value is -4.26. The van der Waals surface area contributed by atoms with Gasteiger partial charge in [0, 0.05) is 18.9 Å². The quantitative estimate of drug-likeness (QED) is 0.177. The minimum atomic E-state index is -0.731. The molecule has 13 heteroatoms. The van der Waals surface area contributed by atoms with E-state index in [0.717, 1.165) is 35.7 Å². The summed E-state index contributed by atoms with van der Waals surface area (Å²) in [6, 6.07) is 5.80. The Labute approximate surface area is 285 Å². The Morgan fingerprint density at radius 2 is 1.83 bits per heavy atom. The lowest BCUT2D eigenvalue weighted by Crippen LogP contribution is -2.36. The normalized spacial score (nSPS) is 16.2. The number of hydrogen-bond donors (Lipinski definition) is 4. The number of carbonyl (C=O) groups excluding carboxylic acids is 2. The summed E-state index contributed by atoms with van der Waals surface area (Å²) in [6.07, 6.45) is 10.5. The number of carbonyl (C=O) groups is 2. The number of amides is 2. The maximum Gasteiger partial charge on any atom is 0.249 e. The number of anilines is 2. The molecule has 1 heterocycles. The van der Waals surface area contributed by atoms with E-state index in [0.29, 0.717) is 53.4 Å². The first-order valence-electron chi connectivity index (χ1n) is 16.5. The second-order valence-corrected chi connectivity index (χ2v) is 13.3. The summed E-state index contributed by atoms with van der Waals surface area (Å²) in [5.41, 5.74) is 2.97. The summed E-state index contributed by atoms with van der Waals surface area (Å²) in [6.45, 7) is 1.46. The monoisotopic (exact) mass is 678 g/mol. The molecule has 0 spiro atoms. The summed E-state index contributed by atoms with van der Waals surface area (Å²) >= 11 is 1.61. The molecule has 0 saturated heterocycles. The molecule has 2 aromatic carbocycles. The largest absolute Gasteiger partial charge is 0.493 e. The number of H-pyrrole nitrogens is 1. The lowest BCUT2D eigenvalue weighted by atomic mass is 9.95. The van der Waals surface area contributed by atoms with Gasteiger partial charge in [-0.3, -0.25) is 24.8 Å². The standard InChI is InChI=1S/C35H46N6O6S/c1-20(42)36-25-13-11-22-18-29(45-2)32(46-3)33(47-4)31(22)23-12-14-26(28(43)19-24(23)25)37-27(16-17-48-5)34(44)39-35-38-30(40-41-35)15-10-21-8-6-7-9-21/h12,14,18-19,21,25,27H,6-11,13,15-17H2,1-5H3,(H,36,42)(H,37,43)(H2,38,39,40,41,44). The number of hydrogen-bond acceptors (Lipinski definition) is 10. The van der Waals surface area contributed by atoms with Gasteiger partial charge in [0.2, 0.25) is 28.9 Å². The van der Waals surface area contributed by atoms with Crippen molar-refractivity contribution >= 4 is 35.2 Å². The highest BCUT2D eigenvalue weighted by Gasteiger charge is 2.30. The molecule has 2 unspecified atom stereocenters. The zero-order valence-electron chi connectivity index (χ0n) is 28.4. The van der Waals surface area contributed by atoms with Crippen LogP contribution in [-0.2, 0) is 22.4 Å². The number of aromatic amines is 1. The van der Waals surface area contributed by atoms with Crippen LogP contribution in [0.1, 0.15) is 74.9 Å². The van der Waals surface area contributed by atoms with E-state index < -0.39 is 12.1 Å². The maximum atomic E-state index is 13.9. The van der Waals surface area contributed by atoms with Crippen molar-refractivity contribution in [3.63, 3.8) is 0 Å². The van der Waals surface area contributed by atoms with Crippen molar-refractivity contribution < 1.29 is 23.8 Å². The first kappa shape index (κ1) is 35.1. The number of ether oxygens (including phenoxy) is 3. The fraction of sp³-hybridized carbons (Fsp3) is 0.514. The molecule has 5 rings (SSSR count). The van der Waals surface area contributed by atoms with Crippen molar-refractivity contribution in [1.29, 1.82) is 0 Å². The molecule has 1 fully saturated rings. The van der Waals surface area contributed by atoms with Crippen LogP contribution in [0.15, 0.2) is 29.1 Å². The molecular formula is C35H46N6O6S. The van der Waals surface area contributed by atoms with Gasteiger partial charge in [0.05, 0.1) is 33.1 Å². The number of aromatic nitrogens is 3. The van der Waals surface area contributed by atoms with Gasteiger partial charge in [0.1, 0.15) is 11.9 Å². The molecule has 4 N–H and O–H groups in total. The minimum absolute atomic E-state index is 0.209. The van der Waals surface area contributed by atoms with E-state index in [1.807, 2.05) is 18.4 Å². The maximum absolute atomic E-state index is 13.9. The van der Waals surface area contributed by atoms with Crippen LogP contribution in [0.2, 0.25) is 0 Å². The zero-order valence-corrected chi connectivity index (χ0v) is 29.2. The molecule has 48 heavy (non-hydrogen) atoms. The van der Waals surface area contributed by atoms with Crippen LogP contribution in [0, 0.1) is 5.92 Å². The average Bonchev–Trinajstić information content (AvgIpc) is 3.71. The minimum Gasteiger partial charge on any atom is -0.493 e. The molecule has 0 bridgehead atoms. The second kappa shape index (κ2) is 16.2. The number of methoxy groups -OCH3 is 3. The summed E-state index contributed by atoms with van der Waals surface area (Å²) in [5.74, 6) is 3.26. The predicted octanol–water partition coefficient (Wildman–Crippen LogP) is 5.28. The van der Waals surface area contributed by atoms with Crippen LogP contribution in [0.3, 0.4) is 0 Å². The number of nitrogens with one attached hydrogen (secondary N) is 4. The summed E-state index contributed by atoms with van der Waals surface area (Å²) in [7, 11) is 4.67. The number of rotatable bonds is 14. The van der Waals surface area contributed by atoms with E-state index in [-0.39, 0.29) is 28.9 Å². The molecule has 2 atom stereocenters. The van der Waals surface area contributed by atoms with Crippen LogP contribution >= 0.6 is 11.8 Å². The summed E-state index contributed by atoms with van der Waals surface area (Å²) in [5, 5.41) is 16.3. The van der Waals surface area contributed by atoms with Crippen LogP contribution in [0.5, 0.6) is 17.2 Å². The molecule has 12 nitrogen and oxygen atoms in total. The van der Waals surface area contributed by atoms with E-state index in [1.54, 1.807) is 45.2 Å². The van der Waals surface area contributed by atoms with Crippen LogP contribution in [0.4, 0.5) is 11.6 Å². The molecule has 3 aromatic rings. The molecular weight excluding hydrogens is 632 g/mol. The highest BCUT2D eigenvalue weighted by molar-refractivity contribution is 7.98. The lowest BCUT2D eigenvalue weighted by Gasteiger charge is -2.19. The Kier molecular flexibility index (Phi) is 11.9. The third kappa shape index (κ3) is 8.05. The van der Waals surface area contributed by atoms with E-state index in [1.165, 1.54) is 32.6 Å². The Morgan fingerprint density at radius 3 is 2.52 bits per heavy atom. The first-order valence-corrected chi connectivity index (χ1v) is 17.9. The van der Waals surface area contributed by atoms with E-state index in [2.05, 4.69) is 31.1 Å². The van der Waals surface area contributed by atoms with Crippen molar-refractivity contribution in [3.05, 3.63) is 51.4 Å². The molecule has 258 valence electrons. The fourth-order valence-corrected chi connectivity index (χ4v) is 7.29. The van der Waals surface area contributed by atoms with Gasteiger partial charge in [-0.2, -0.15) is 16.7 Å². The van der Waals surface area contributed by atoms with Crippen molar-refractivity contribution in [3.8, 4) is 28.4 Å².